The van der Waals surface area contributed by atoms with Crippen molar-refractivity contribution in [2.45, 2.75) is 297 Å². The lowest BCUT2D eigenvalue weighted by Crippen LogP contribution is -2.30. The molecular formula is C77H124O6. The smallest absolute Gasteiger partial charge is 0.309 e. The van der Waals surface area contributed by atoms with Gasteiger partial charge in [-0.1, -0.05) is 301 Å². The van der Waals surface area contributed by atoms with Gasteiger partial charge in [0, 0.05) is 12.8 Å². The summed E-state index contributed by atoms with van der Waals surface area (Å²) in [5.41, 5.74) is 0. The molecule has 0 aliphatic carbocycles. The highest BCUT2D eigenvalue weighted by atomic mass is 16.6. The van der Waals surface area contributed by atoms with Crippen LogP contribution < -0.4 is 0 Å². The number of carbonyl (C=O) groups is 3. The number of hydrogen-bond donors (Lipinski definition) is 0. The second-order valence-corrected chi connectivity index (χ2v) is 22.0. The third-order valence-corrected chi connectivity index (χ3v) is 14.0. The van der Waals surface area contributed by atoms with E-state index in [-0.39, 0.29) is 31.6 Å². The van der Waals surface area contributed by atoms with E-state index in [0.29, 0.717) is 12.8 Å². The average Bonchev–Trinajstić information content (AvgIpc) is 3.49. The first-order chi connectivity index (χ1) is 41.0. The number of rotatable bonds is 60. The Morgan fingerprint density at radius 3 is 0.843 bits per heavy atom. The van der Waals surface area contributed by atoms with Crippen molar-refractivity contribution >= 4 is 17.9 Å². The molecule has 0 amide bonds. The van der Waals surface area contributed by atoms with Gasteiger partial charge in [-0.2, -0.15) is 0 Å². The van der Waals surface area contributed by atoms with Crippen molar-refractivity contribution in [3.8, 4) is 0 Å². The lowest BCUT2D eigenvalue weighted by molar-refractivity contribution is -0.166. The maximum atomic E-state index is 12.9. The number of hydrogen-bond acceptors (Lipinski definition) is 6. The van der Waals surface area contributed by atoms with Crippen LogP contribution in [0, 0.1) is 0 Å². The van der Waals surface area contributed by atoms with E-state index in [9.17, 15) is 14.4 Å². The molecule has 0 N–H and O–H groups in total. The number of carbonyl (C=O) groups excluding carboxylic acids is 3. The Kier molecular flexibility index (Phi) is 65.4. The van der Waals surface area contributed by atoms with Crippen LogP contribution in [0.1, 0.15) is 290 Å². The second kappa shape index (κ2) is 69.5. The summed E-state index contributed by atoms with van der Waals surface area (Å²) in [5, 5.41) is 0. The monoisotopic (exact) mass is 1140 g/mol. The molecule has 0 saturated carbocycles. The van der Waals surface area contributed by atoms with Crippen molar-refractivity contribution < 1.29 is 28.6 Å². The van der Waals surface area contributed by atoms with Crippen LogP contribution in [0.4, 0.5) is 0 Å². The minimum absolute atomic E-state index is 0.119. The predicted octanol–water partition coefficient (Wildman–Crippen LogP) is 23.7. The first-order valence-corrected chi connectivity index (χ1v) is 34.0. The third-order valence-electron chi connectivity index (χ3n) is 14.0. The van der Waals surface area contributed by atoms with E-state index in [2.05, 4.69) is 167 Å². The van der Waals surface area contributed by atoms with Crippen LogP contribution in [0.25, 0.3) is 0 Å². The van der Waals surface area contributed by atoms with Crippen LogP contribution in [0.2, 0.25) is 0 Å². The molecule has 6 heteroatoms. The molecule has 0 saturated heterocycles. The normalized spacial score (nSPS) is 13.1. The molecular weight excluding hydrogens is 1020 g/mol. The SMILES string of the molecule is CC/C=C\C/C=C\C/C=C\C/C=C\C/C=C\C/C=C\CCCCCCCCCCC(=O)OCC(COC(=O)C/C=C\C/C=C\C/C=C\C/C=C\C/C=C\CC)OC(=O)CCCCCCCCCCCCC/C=C\C/C=C\CCCCCCC. The summed E-state index contributed by atoms with van der Waals surface area (Å²) in [7, 11) is 0. The molecule has 0 spiro atoms. The van der Waals surface area contributed by atoms with Gasteiger partial charge in [0.05, 0.1) is 6.42 Å². The van der Waals surface area contributed by atoms with Crippen LogP contribution in [0.15, 0.2) is 158 Å². The standard InChI is InChI=1S/C77H124O6/c1-4-7-10-13-16-19-22-25-28-30-32-34-36-37-38-39-41-42-44-46-49-52-55-58-61-64-67-70-76(79)82-73-74(72-81-75(78)69-66-63-60-57-54-51-48-27-24-21-18-15-12-9-6-3)83-77(80)71-68-65-62-59-56-53-50-47-45-43-40-35-33-31-29-26-23-20-17-14-11-8-5-2/h7,9-10,12,16,18-19,21,23,25-28,31-34,37-38,41-42,48,54,57,63,66,74H,4-6,8,11,13-15,17,20,22,24,29-30,35-36,39-40,43-47,49-53,55-56,58-62,64-65,67-73H2,1-3H3/b10-7-,12-9-,19-16-,21-18-,26-23-,28-25-,33-31-,34-32-,38-37-,42-41-,48-27-,57-54-,66-63-. The molecule has 0 aromatic heterocycles. The van der Waals surface area contributed by atoms with E-state index in [1.807, 2.05) is 6.08 Å². The summed E-state index contributed by atoms with van der Waals surface area (Å²) in [6.45, 7) is 6.32. The van der Waals surface area contributed by atoms with Crippen LogP contribution in [0.5, 0.6) is 0 Å². The van der Waals surface area contributed by atoms with Gasteiger partial charge in [-0.25, -0.2) is 0 Å². The van der Waals surface area contributed by atoms with Crippen molar-refractivity contribution in [2.24, 2.45) is 0 Å². The Bertz CT molecular complexity index is 1840. The Morgan fingerprint density at radius 1 is 0.265 bits per heavy atom. The van der Waals surface area contributed by atoms with E-state index in [4.69, 9.17) is 14.2 Å². The van der Waals surface area contributed by atoms with Crippen LogP contribution in [-0.4, -0.2) is 37.2 Å². The molecule has 0 rings (SSSR count). The largest absolute Gasteiger partial charge is 0.462 e. The summed E-state index contributed by atoms with van der Waals surface area (Å²) < 4.78 is 16.8. The van der Waals surface area contributed by atoms with Gasteiger partial charge in [-0.05, 0) is 128 Å². The summed E-state index contributed by atoms with van der Waals surface area (Å²) in [5.74, 6) is -1.06. The lowest BCUT2D eigenvalue weighted by Gasteiger charge is -2.18. The van der Waals surface area contributed by atoms with Crippen molar-refractivity contribution in [1.82, 2.24) is 0 Å². The fraction of sp³-hybridized carbons (Fsp3) is 0.623. The molecule has 0 radical (unpaired) electrons. The molecule has 1 unspecified atom stereocenters. The van der Waals surface area contributed by atoms with Crippen LogP contribution >= 0.6 is 0 Å². The average molecular weight is 1150 g/mol. The lowest BCUT2D eigenvalue weighted by atomic mass is 10.0. The summed E-state index contributed by atoms with van der Waals surface area (Å²) in [4.78, 5) is 38.4. The van der Waals surface area contributed by atoms with Gasteiger partial charge in [0.1, 0.15) is 13.2 Å². The van der Waals surface area contributed by atoms with Crippen LogP contribution in [0.3, 0.4) is 0 Å². The van der Waals surface area contributed by atoms with E-state index >= 15 is 0 Å². The fourth-order valence-corrected chi connectivity index (χ4v) is 9.02. The molecule has 6 nitrogen and oxygen atoms in total. The van der Waals surface area contributed by atoms with E-state index < -0.39 is 12.1 Å². The predicted molar refractivity (Wildman–Crippen MR) is 362 cm³/mol. The topological polar surface area (TPSA) is 78.9 Å². The number of esters is 3. The van der Waals surface area contributed by atoms with Crippen LogP contribution in [-0.2, 0) is 28.6 Å². The van der Waals surface area contributed by atoms with Crippen molar-refractivity contribution in [3.63, 3.8) is 0 Å². The van der Waals surface area contributed by atoms with Gasteiger partial charge in [-0.15, -0.1) is 0 Å². The number of ether oxygens (including phenoxy) is 3. The molecule has 0 aliphatic rings. The highest BCUT2D eigenvalue weighted by Gasteiger charge is 2.19. The molecule has 0 fully saturated rings. The fourth-order valence-electron chi connectivity index (χ4n) is 9.02. The second-order valence-electron chi connectivity index (χ2n) is 22.0. The molecule has 0 aromatic carbocycles. The first kappa shape index (κ1) is 78.0. The zero-order chi connectivity index (χ0) is 59.9. The Labute approximate surface area is 511 Å². The molecule has 0 aliphatic heterocycles. The number of unbranched alkanes of at least 4 members (excludes halogenated alkanes) is 24. The van der Waals surface area contributed by atoms with Gasteiger partial charge in [-0.3, -0.25) is 14.4 Å². The van der Waals surface area contributed by atoms with Gasteiger partial charge in [0.25, 0.3) is 0 Å². The van der Waals surface area contributed by atoms with Crippen molar-refractivity contribution in [2.75, 3.05) is 13.2 Å². The zero-order valence-electron chi connectivity index (χ0n) is 53.7. The molecule has 83 heavy (non-hydrogen) atoms. The van der Waals surface area contributed by atoms with E-state index in [1.165, 1.54) is 128 Å². The maximum absolute atomic E-state index is 12.9. The minimum Gasteiger partial charge on any atom is -0.462 e. The van der Waals surface area contributed by atoms with Gasteiger partial charge in [0.15, 0.2) is 6.10 Å². The highest BCUT2D eigenvalue weighted by Crippen LogP contribution is 2.15. The highest BCUT2D eigenvalue weighted by molar-refractivity contribution is 5.72. The van der Waals surface area contributed by atoms with Crippen molar-refractivity contribution in [3.05, 3.63) is 158 Å². The Morgan fingerprint density at radius 2 is 0.518 bits per heavy atom. The van der Waals surface area contributed by atoms with Crippen molar-refractivity contribution in [1.29, 1.82) is 0 Å². The first-order valence-electron chi connectivity index (χ1n) is 34.0. The third kappa shape index (κ3) is 67.7. The Hall–Kier alpha value is -4.97. The molecule has 468 valence electrons. The molecule has 0 aromatic rings. The summed E-state index contributed by atoms with van der Waals surface area (Å²) >= 11 is 0. The minimum atomic E-state index is -0.832. The summed E-state index contributed by atoms with van der Waals surface area (Å²) in [6.07, 6.45) is 101. The number of allylic oxidation sites excluding steroid dienone is 25. The quantitative estimate of drug-likeness (QED) is 0.0261. The molecule has 0 heterocycles. The van der Waals surface area contributed by atoms with Gasteiger partial charge < -0.3 is 14.2 Å². The maximum Gasteiger partial charge on any atom is 0.309 e. The van der Waals surface area contributed by atoms with Gasteiger partial charge >= 0.3 is 17.9 Å². The van der Waals surface area contributed by atoms with Gasteiger partial charge in [0.2, 0.25) is 0 Å². The molecule has 0 bridgehead atoms. The van der Waals surface area contributed by atoms with E-state index in [1.54, 1.807) is 6.08 Å². The molecule has 1 atom stereocenters. The summed E-state index contributed by atoms with van der Waals surface area (Å²) in [6, 6.07) is 0. The van der Waals surface area contributed by atoms with E-state index in [0.717, 1.165) is 122 Å². The Balaban J connectivity index is 4.44. The zero-order valence-corrected chi connectivity index (χ0v) is 53.7.